The molecule has 2 atom stereocenters. The van der Waals surface area contributed by atoms with Gasteiger partial charge in [0.2, 0.25) is 0 Å². The minimum absolute atomic E-state index is 0.851. The molecule has 66 valence electrons. The van der Waals surface area contributed by atoms with Crippen LogP contribution in [0.15, 0.2) is 0 Å². The van der Waals surface area contributed by atoms with Crippen LogP contribution in [-0.2, 0) is 0 Å². The van der Waals surface area contributed by atoms with Crippen molar-refractivity contribution in [2.24, 2.45) is 17.6 Å². The first kappa shape index (κ1) is 9.05. The third-order valence-electron chi connectivity index (χ3n) is 3.03. The summed E-state index contributed by atoms with van der Waals surface area (Å²) in [7, 11) is 0. The summed E-state index contributed by atoms with van der Waals surface area (Å²) in [5.41, 5.74) is 5.72. The van der Waals surface area contributed by atoms with E-state index < -0.39 is 0 Å². The highest BCUT2D eigenvalue weighted by Gasteiger charge is 2.22. The molecule has 1 nitrogen and oxygen atoms in total. The first-order valence-corrected chi connectivity index (χ1v) is 5.08. The number of nitrogens with two attached hydrogens (primary N) is 1. The zero-order chi connectivity index (χ0) is 8.10. The highest BCUT2D eigenvalue weighted by molar-refractivity contribution is 4.75. The first-order chi connectivity index (χ1) is 5.38. The molecule has 0 bridgehead atoms. The molecule has 0 amide bonds. The highest BCUT2D eigenvalue weighted by atomic mass is 14.6. The van der Waals surface area contributed by atoms with E-state index in [0.717, 1.165) is 18.4 Å². The molecule has 2 N–H and O–H groups in total. The van der Waals surface area contributed by atoms with Crippen molar-refractivity contribution in [2.75, 3.05) is 6.54 Å². The minimum atomic E-state index is 0.851. The second-order valence-corrected chi connectivity index (χ2v) is 3.83. The lowest BCUT2D eigenvalue weighted by atomic mass is 9.77. The van der Waals surface area contributed by atoms with E-state index in [2.05, 4.69) is 6.92 Å². The molecule has 1 aliphatic rings. The van der Waals surface area contributed by atoms with Crippen LogP contribution in [0.2, 0.25) is 0 Å². The second kappa shape index (κ2) is 4.76. The van der Waals surface area contributed by atoms with Gasteiger partial charge >= 0.3 is 0 Å². The van der Waals surface area contributed by atoms with Crippen LogP contribution in [0.4, 0.5) is 0 Å². The van der Waals surface area contributed by atoms with Crippen LogP contribution in [-0.4, -0.2) is 6.54 Å². The maximum absolute atomic E-state index is 5.72. The fourth-order valence-corrected chi connectivity index (χ4v) is 2.35. The number of hydrogen-bond donors (Lipinski definition) is 1. The third-order valence-corrected chi connectivity index (χ3v) is 3.03. The maximum Gasteiger partial charge on any atom is -0.00462 e. The lowest BCUT2D eigenvalue weighted by Gasteiger charge is -2.30. The lowest BCUT2D eigenvalue weighted by molar-refractivity contribution is 0.229. The molecular weight excluding hydrogens is 134 g/mol. The quantitative estimate of drug-likeness (QED) is 0.666. The Bertz CT molecular complexity index is 99.0. The molecule has 0 saturated heterocycles. The predicted molar refractivity (Wildman–Crippen MR) is 49.4 cm³/mol. The van der Waals surface area contributed by atoms with Crippen molar-refractivity contribution in [1.82, 2.24) is 0 Å². The highest BCUT2D eigenvalue weighted by Crippen LogP contribution is 2.32. The Labute approximate surface area is 70.4 Å². The van der Waals surface area contributed by atoms with Crippen molar-refractivity contribution in [1.29, 1.82) is 0 Å². The largest absolute Gasteiger partial charge is 0.330 e. The Kier molecular flexibility index (Phi) is 3.92. The van der Waals surface area contributed by atoms with Crippen molar-refractivity contribution in [2.45, 2.75) is 45.4 Å². The Balaban J connectivity index is 2.31. The average Bonchev–Trinajstić information content (AvgIpc) is 2.06. The molecule has 0 aromatic carbocycles. The molecule has 1 aliphatic carbocycles. The SMILES string of the molecule is CCC[C@H]1CCCC[C@@H]1CN. The van der Waals surface area contributed by atoms with E-state index in [9.17, 15) is 0 Å². The minimum Gasteiger partial charge on any atom is -0.330 e. The van der Waals surface area contributed by atoms with Gasteiger partial charge in [-0.05, 0) is 24.8 Å². The van der Waals surface area contributed by atoms with Gasteiger partial charge in [0.25, 0.3) is 0 Å². The van der Waals surface area contributed by atoms with Gasteiger partial charge < -0.3 is 5.73 Å². The molecule has 0 heterocycles. The van der Waals surface area contributed by atoms with Gasteiger partial charge in [0.05, 0.1) is 0 Å². The van der Waals surface area contributed by atoms with Gasteiger partial charge in [0, 0.05) is 0 Å². The third kappa shape index (κ3) is 2.48. The van der Waals surface area contributed by atoms with Crippen LogP contribution < -0.4 is 5.73 Å². The molecule has 0 aromatic rings. The molecule has 0 spiro atoms. The van der Waals surface area contributed by atoms with Crippen LogP contribution >= 0.6 is 0 Å². The molecule has 1 saturated carbocycles. The van der Waals surface area contributed by atoms with Crippen molar-refractivity contribution in [3.8, 4) is 0 Å². The molecule has 0 aliphatic heterocycles. The first-order valence-electron chi connectivity index (χ1n) is 5.08. The van der Waals surface area contributed by atoms with E-state index in [4.69, 9.17) is 5.73 Å². The van der Waals surface area contributed by atoms with Crippen molar-refractivity contribution in [3.63, 3.8) is 0 Å². The second-order valence-electron chi connectivity index (χ2n) is 3.83. The molecule has 1 heteroatoms. The van der Waals surface area contributed by atoms with E-state index in [-0.39, 0.29) is 0 Å². The summed E-state index contributed by atoms with van der Waals surface area (Å²) in [6.07, 6.45) is 8.43. The summed E-state index contributed by atoms with van der Waals surface area (Å²) in [4.78, 5) is 0. The molecule has 0 unspecified atom stereocenters. The van der Waals surface area contributed by atoms with Gasteiger partial charge in [-0.2, -0.15) is 0 Å². The molecule has 1 rings (SSSR count). The topological polar surface area (TPSA) is 26.0 Å². The van der Waals surface area contributed by atoms with E-state index in [1.54, 1.807) is 0 Å². The van der Waals surface area contributed by atoms with Gasteiger partial charge in [-0.1, -0.05) is 39.0 Å². The fourth-order valence-electron chi connectivity index (χ4n) is 2.35. The lowest BCUT2D eigenvalue weighted by Crippen LogP contribution is -2.26. The van der Waals surface area contributed by atoms with E-state index in [0.29, 0.717) is 0 Å². The smallest absolute Gasteiger partial charge is 0.00462 e. The zero-order valence-corrected chi connectivity index (χ0v) is 7.68. The van der Waals surface area contributed by atoms with Gasteiger partial charge in [-0.15, -0.1) is 0 Å². The van der Waals surface area contributed by atoms with Crippen LogP contribution in [0, 0.1) is 11.8 Å². The molecule has 1 fully saturated rings. The molecule has 11 heavy (non-hydrogen) atoms. The van der Waals surface area contributed by atoms with E-state index in [1.807, 2.05) is 0 Å². The van der Waals surface area contributed by atoms with Gasteiger partial charge in [-0.25, -0.2) is 0 Å². The monoisotopic (exact) mass is 155 g/mol. The van der Waals surface area contributed by atoms with Crippen molar-refractivity contribution >= 4 is 0 Å². The van der Waals surface area contributed by atoms with Crippen molar-refractivity contribution < 1.29 is 0 Å². The Morgan fingerprint density at radius 3 is 2.36 bits per heavy atom. The van der Waals surface area contributed by atoms with Crippen molar-refractivity contribution in [3.05, 3.63) is 0 Å². The molecule has 0 aromatic heterocycles. The summed E-state index contributed by atoms with van der Waals surface area (Å²) in [6, 6.07) is 0. The van der Waals surface area contributed by atoms with Gasteiger partial charge in [0.15, 0.2) is 0 Å². The summed E-state index contributed by atoms with van der Waals surface area (Å²) < 4.78 is 0. The van der Waals surface area contributed by atoms with E-state index >= 15 is 0 Å². The number of hydrogen-bond acceptors (Lipinski definition) is 1. The summed E-state index contributed by atoms with van der Waals surface area (Å²) in [5, 5.41) is 0. The van der Waals surface area contributed by atoms with Gasteiger partial charge in [0.1, 0.15) is 0 Å². The number of rotatable bonds is 3. The standard InChI is InChI=1S/C10H21N/c1-2-5-9-6-3-4-7-10(9)8-11/h9-10H,2-8,11H2,1H3/t9-,10+/m0/s1. The Morgan fingerprint density at radius 2 is 1.82 bits per heavy atom. The van der Waals surface area contributed by atoms with E-state index in [1.165, 1.54) is 38.5 Å². The van der Waals surface area contributed by atoms with Crippen LogP contribution in [0.25, 0.3) is 0 Å². The average molecular weight is 155 g/mol. The molecular formula is C10H21N. The van der Waals surface area contributed by atoms with Crippen LogP contribution in [0.3, 0.4) is 0 Å². The van der Waals surface area contributed by atoms with Gasteiger partial charge in [-0.3, -0.25) is 0 Å². The summed E-state index contributed by atoms with van der Waals surface area (Å²) >= 11 is 0. The van der Waals surface area contributed by atoms with Crippen LogP contribution in [0.1, 0.15) is 45.4 Å². The summed E-state index contributed by atoms with van der Waals surface area (Å²) in [5.74, 6) is 1.81. The van der Waals surface area contributed by atoms with Crippen LogP contribution in [0.5, 0.6) is 0 Å². The normalized spacial score (nSPS) is 32.2. The Morgan fingerprint density at radius 1 is 1.18 bits per heavy atom. The predicted octanol–water partition coefficient (Wildman–Crippen LogP) is 2.55. The fraction of sp³-hybridized carbons (Fsp3) is 1.00. The Hall–Kier alpha value is -0.0400. The zero-order valence-electron chi connectivity index (χ0n) is 7.68. The molecule has 0 radical (unpaired) electrons. The maximum atomic E-state index is 5.72. The summed E-state index contributed by atoms with van der Waals surface area (Å²) in [6.45, 7) is 3.20.